The van der Waals surface area contributed by atoms with Crippen molar-refractivity contribution in [3.63, 3.8) is 0 Å². The zero-order chi connectivity index (χ0) is 31.8. The van der Waals surface area contributed by atoms with Gasteiger partial charge in [0.2, 0.25) is 0 Å². The van der Waals surface area contributed by atoms with E-state index in [9.17, 15) is 18.0 Å². The number of ether oxygens (including phenoxy) is 2. The third-order valence-corrected chi connectivity index (χ3v) is 5.08. The number of allylic oxidation sites excluding steroid dienone is 2. The molecule has 1 aromatic rings. The van der Waals surface area contributed by atoms with Crippen LogP contribution in [0.2, 0.25) is 0 Å². The summed E-state index contributed by atoms with van der Waals surface area (Å²) in [6.07, 6.45) is 4.87. The van der Waals surface area contributed by atoms with E-state index in [4.69, 9.17) is 4.74 Å². The third kappa shape index (κ3) is 28.5. The van der Waals surface area contributed by atoms with Crippen LogP contribution in [0.3, 0.4) is 0 Å². The van der Waals surface area contributed by atoms with Gasteiger partial charge in [-0.3, -0.25) is 4.99 Å². The lowest BCUT2D eigenvalue weighted by molar-refractivity contribution is -0.274. The third-order valence-electron chi connectivity index (χ3n) is 5.08. The summed E-state index contributed by atoms with van der Waals surface area (Å²) in [6, 6.07) is 5.67. The predicted octanol–water partition coefficient (Wildman–Crippen LogP) is 10.4. The van der Waals surface area contributed by atoms with Crippen molar-refractivity contribution < 1.29 is 27.4 Å². The molecule has 0 radical (unpaired) electrons. The van der Waals surface area contributed by atoms with Crippen LogP contribution in [0.25, 0.3) is 0 Å². The fourth-order valence-electron chi connectivity index (χ4n) is 2.84. The van der Waals surface area contributed by atoms with Gasteiger partial charge in [-0.2, -0.15) is 0 Å². The first-order chi connectivity index (χ1) is 18.6. The van der Waals surface area contributed by atoms with Crippen molar-refractivity contribution >= 4 is 12.3 Å². The highest BCUT2D eigenvalue weighted by Gasteiger charge is 2.30. The number of rotatable bonds is 10. The highest BCUT2D eigenvalue weighted by atomic mass is 19.4. The molecule has 0 N–H and O–H groups in total. The Hall–Kier alpha value is -2.51. The fraction of sp³-hybridized carbons (Fsp3) is 0.688. The van der Waals surface area contributed by atoms with Crippen molar-refractivity contribution in [1.29, 1.82) is 0 Å². The van der Waals surface area contributed by atoms with Crippen molar-refractivity contribution in [2.24, 2.45) is 10.9 Å². The predicted molar refractivity (Wildman–Crippen MR) is 164 cm³/mol. The van der Waals surface area contributed by atoms with Crippen LogP contribution in [0.1, 0.15) is 107 Å². The number of alkyl halides is 3. The molecular weight excluding hydrogens is 517 g/mol. The second kappa shape index (κ2) is 24.3. The molecule has 0 saturated heterocycles. The molecule has 40 heavy (non-hydrogen) atoms. The molecule has 234 valence electrons. The molecule has 0 aliphatic heterocycles. The van der Waals surface area contributed by atoms with Gasteiger partial charge in [-0.05, 0) is 77.5 Å². The van der Waals surface area contributed by atoms with Crippen LogP contribution in [0.15, 0.2) is 40.9 Å². The summed E-state index contributed by atoms with van der Waals surface area (Å²) in [5.41, 5.74) is 1.75. The molecule has 0 bridgehead atoms. The van der Waals surface area contributed by atoms with E-state index >= 15 is 0 Å². The Bertz CT molecular complexity index is 799. The van der Waals surface area contributed by atoms with E-state index in [1.807, 2.05) is 45.7 Å². The van der Waals surface area contributed by atoms with Gasteiger partial charge in [-0.1, -0.05) is 78.2 Å². The Morgan fingerprint density at radius 2 is 1.57 bits per heavy atom. The number of aryl methyl sites for hydroxylation is 1. The normalized spacial score (nSPS) is 12.1. The summed E-state index contributed by atoms with van der Waals surface area (Å²) in [5, 5.41) is 0. The van der Waals surface area contributed by atoms with E-state index in [-0.39, 0.29) is 11.8 Å². The molecule has 8 heteroatoms. The highest BCUT2D eigenvalue weighted by molar-refractivity contribution is 5.77. The number of carbonyl (C=O) groups is 1. The monoisotopic (exact) mass is 574 g/mol. The SMILES string of the molecule is CC.CCC/C=C(/C)C=NC.CCCN(CCC(C)CC)C(=O)OC(C)(C)C.Cc1ccc(OC(F)(F)F)cc1. The maximum absolute atomic E-state index is 12.0. The van der Waals surface area contributed by atoms with Crippen LogP contribution in [0.4, 0.5) is 18.0 Å². The van der Waals surface area contributed by atoms with Gasteiger partial charge in [0.1, 0.15) is 11.4 Å². The van der Waals surface area contributed by atoms with Gasteiger partial charge >= 0.3 is 12.5 Å². The molecule has 0 aliphatic carbocycles. The topological polar surface area (TPSA) is 51.1 Å². The second-order valence-corrected chi connectivity index (χ2v) is 10.3. The molecule has 0 heterocycles. The van der Waals surface area contributed by atoms with E-state index in [1.165, 1.54) is 24.1 Å². The van der Waals surface area contributed by atoms with E-state index in [2.05, 4.69) is 50.4 Å². The molecule has 1 amide bonds. The summed E-state index contributed by atoms with van der Waals surface area (Å²) < 4.78 is 43.9. The quantitative estimate of drug-likeness (QED) is 0.261. The van der Waals surface area contributed by atoms with Gasteiger partial charge in [0, 0.05) is 26.4 Å². The van der Waals surface area contributed by atoms with Crippen molar-refractivity contribution in [3.05, 3.63) is 41.5 Å². The van der Waals surface area contributed by atoms with E-state index in [0.29, 0.717) is 5.92 Å². The van der Waals surface area contributed by atoms with Crippen molar-refractivity contribution in [3.8, 4) is 5.75 Å². The molecule has 0 aromatic heterocycles. The number of unbranched alkanes of at least 4 members (excludes halogenated alkanes) is 1. The van der Waals surface area contributed by atoms with Crippen LogP contribution in [-0.2, 0) is 4.74 Å². The van der Waals surface area contributed by atoms with Gasteiger partial charge in [0.05, 0.1) is 0 Å². The summed E-state index contributed by atoms with van der Waals surface area (Å²) in [6.45, 7) is 23.8. The maximum atomic E-state index is 12.0. The Morgan fingerprint density at radius 3 is 1.98 bits per heavy atom. The summed E-state index contributed by atoms with van der Waals surface area (Å²) in [7, 11) is 1.79. The lowest BCUT2D eigenvalue weighted by atomic mass is 10.1. The van der Waals surface area contributed by atoms with E-state index in [0.717, 1.165) is 44.3 Å². The fourth-order valence-corrected chi connectivity index (χ4v) is 2.84. The number of hydrogen-bond donors (Lipinski definition) is 0. The average Bonchev–Trinajstić information content (AvgIpc) is 2.86. The Kier molecular flexibility index (Phi) is 25.5. The minimum absolute atomic E-state index is 0.178. The summed E-state index contributed by atoms with van der Waals surface area (Å²) in [4.78, 5) is 17.7. The molecule has 1 rings (SSSR count). The van der Waals surface area contributed by atoms with Crippen LogP contribution < -0.4 is 4.74 Å². The lowest BCUT2D eigenvalue weighted by Gasteiger charge is -2.27. The molecule has 5 nitrogen and oxygen atoms in total. The Labute approximate surface area is 243 Å². The minimum atomic E-state index is -4.60. The first-order valence-electron chi connectivity index (χ1n) is 14.5. The molecular formula is C32H57F3N2O3. The number of benzene rings is 1. The maximum Gasteiger partial charge on any atom is 0.573 e. The number of amides is 1. The Morgan fingerprint density at radius 1 is 1.02 bits per heavy atom. The zero-order valence-corrected chi connectivity index (χ0v) is 27.2. The second-order valence-electron chi connectivity index (χ2n) is 10.3. The molecule has 1 unspecified atom stereocenters. The van der Waals surface area contributed by atoms with Crippen LogP contribution >= 0.6 is 0 Å². The first kappa shape index (κ1) is 42.0. The molecule has 0 spiro atoms. The van der Waals surface area contributed by atoms with Gasteiger partial charge in [0.25, 0.3) is 0 Å². The summed E-state index contributed by atoms with van der Waals surface area (Å²) in [5.74, 6) is 0.477. The number of hydrogen-bond acceptors (Lipinski definition) is 4. The van der Waals surface area contributed by atoms with Crippen LogP contribution in [0.5, 0.6) is 5.75 Å². The van der Waals surface area contributed by atoms with E-state index < -0.39 is 12.0 Å². The van der Waals surface area contributed by atoms with Crippen molar-refractivity contribution in [2.45, 2.75) is 120 Å². The number of carbonyl (C=O) groups excluding carboxylic acids is 1. The standard InChI is InChI=1S/C14H29NO2.C8H7F3O.C8H15N.C2H6/c1-7-10-15(11-9-12(3)8-2)13(16)17-14(4,5)6;1-6-2-4-7(5-3-6)12-8(9,10)11;1-4-5-6-8(2)7-9-3;1-2/h12H,7-11H2,1-6H3;2-5H,1H3;6-7H,4-5H2,1-3H3;1-2H3/b;;8-6-,9-7?;. The van der Waals surface area contributed by atoms with Crippen molar-refractivity contribution in [1.82, 2.24) is 4.90 Å². The van der Waals surface area contributed by atoms with Crippen molar-refractivity contribution in [2.75, 3.05) is 20.1 Å². The molecule has 0 aliphatic rings. The number of nitrogens with zero attached hydrogens (tertiary/aromatic N) is 2. The largest absolute Gasteiger partial charge is 0.573 e. The Balaban J connectivity index is -0.000000521. The zero-order valence-electron chi connectivity index (χ0n) is 27.2. The smallest absolute Gasteiger partial charge is 0.444 e. The average molecular weight is 575 g/mol. The highest BCUT2D eigenvalue weighted by Crippen LogP contribution is 2.22. The van der Waals surface area contributed by atoms with E-state index in [1.54, 1.807) is 26.1 Å². The van der Waals surface area contributed by atoms with Gasteiger partial charge in [0.15, 0.2) is 0 Å². The number of aliphatic imine (C=N–C) groups is 1. The number of halogens is 3. The summed E-state index contributed by atoms with van der Waals surface area (Å²) >= 11 is 0. The molecule has 0 saturated carbocycles. The van der Waals surface area contributed by atoms with Gasteiger partial charge in [-0.15, -0.1) is 13.2 Å². The molecule has 1 atom stereocenters. The molecule has 0 fully saturated rings. The van der Waals surface area contributed by atoms with Gasteiger partial charge in [-0.25, -0.2) is 4.79 Å². The first-order valence-corrected chi connectivity index (χ1v) is 14.5. The van der Waals surface area contributed by atoms with Gasteiger partial charge < -0.3 is 14.4 Å². The molecule has 1 aromatic carbocycles. The lowest BCUT2D eigenvalue weighted by Crippen LogP contribution is -2.38. The minimum Gasteiger partial charge on any atom is -0.444 e. The van der Waals surface area contributed by atoms with Crippen LogP contribution in [-0.4, -0.2) is 49.3 Å². The van der Waals surface area contributed by atoms with Crippen LogP contribution in [0, 0.1) is 12.8 Å².